The molecule has 2 aromatic carbocycles. The second-order valence-electron chi connectivity index (χ2n) is 11.4. The Bertz CT molecular complexity index is 1800. The van der Waals surface area contributed by atoms with Crippen LogP contribution in [-0.4, -0.2) is 69.5 Å². The van der Waals surface area contributed by atoms with E-state index in [0.29, 0.717) is 29.1 Å². The second-order valence-corrected chi connectivity index (χ2v) is 11.4. The molecule has 2 amide bonds. The molecule has 2 aromatic heterocycles. The minimum Gasteiger partial charge on any atom is -0.463 e. The van der Waals surface area contributed by atoms with Crippen LogP contribution in [0.4, 0.5) is 16.2 Å². The van der Waals surface area contributed by atoms with E-state index >= 15 is 0 Å². The molecule has 14 heteroatoms. The van der Waals surface area contributed by atoms with E-state index in [2.05, 4.69) is 15.3 Å². The normalized spacial score (nSPS) is 18.7. The molecule has 1 unspecified atom stereocenters. The number of aromatic amines is 1. The Balaban J connectivity index is 1.17. The van der Waals surface area contributed by atoms with E-state index in [1.807, 2.05) is 67.6 Å². The van der Waals surface area contributed by atoms with Gasteiger partial charge in [0.05, 0.1) is 29.6 Å². The molecule has 0 bridgehead atoms. The van der Waals surface area contributed by atoms with Gasteiger partial charge in [0, 0.05) is 44.5 Å². The van der Waals surface area contributed by atoms with Gasteiger partial charge in [0.2, 0.25) is 5.91 Å². The van der Waals surface area contributed by atoms with Crippen molar-refractivity contribution < 1.29 is 28.6 Å². The van der Waals surface area contributed by atoms with Crippen molar-refractivity contribution in [3.63, 3.8) is 0 Å². The van der Waals surface area contributed by atoms with Crippen molar-refractivity contribution >= 4 is 29.3 Å². The van der Waals surface area contributed by atoms with Crippen LogP contribution < -0.4 is 21.5 Å². The number of H-pyrrole nitrogens is 1. The number of aromatic nitrogens is 4. The summed E-state index contributed by atoms with van der Waals surface area (Å²) in [6.07, 6.45) is 3.11. The van der Waals surface area contributed by atoms with Crippen LogP contribution in [0.3, 0.4) is 0 Å². The number of hydrogen-bond donors (Lipinski definition) is 2. The van der Waals surface area contributed by atoms with Crippen molar-refractivity contribution in [1.29, 1.82) is 0 Å². The van der Waals surface area contributed by atoms with Gasteiger partial charge in [0.1, 0.15) is 19.0 Å². The fraction of sp³-hybridized carbons (Fsp3) is 0.353. The van der Waals surface area contributed by atoms with Crippen LogP contribution in [0, 0.1) is 5.92 Å². The molecule has 0 aliphatic carbocycles. The molecule has 48 heavy (non-hydrogen) atoms. The van der Waals surface area contributed by atoms with Crippen LogP contribution in [0.1, 0.15) is 37.8 Å². The zero-order valence-electron chi connectivity index (χ0n) is 26.9. The fourth-order valence-electron chi connectivity index (χ4n) is 5.62. The van der Waals surface area contributed by atoms with E-state index in [1.165, 1.54) is 41.9 Å². The van der Waals surface area contributed by atoms with Gasteiger partial charge in [-0.2, -0.15) is 0 Å². The first-order valence-electron chi connectivity index (χ1n) is 15.6. The van der Waals surface area contributed by atoms with Gasteiger partial charge in [-0.3, -0.25) is 33.4 Å². The Morgan fingerprint density at radius 3 is 2.31 bits per heavy atom. The number of anilines is 2. The van der Waals surface area contributed by atoms with Crippen molar-refractivity contribution in [2.24, 2.45) is 5.92 Å². The first-order valence-corrected chi connectivity index (χ1v) is 15.6. The summed E-state index contributed by atoms with van der Waals surface area (Å²) in [6, 6.07) is 18.1. The molecular weight excluding hydrogens is 620 g/mol. The quantitative estimate of drug-likeness (QED) is 0.172. The molecule has 1 saturated heterocycles. The minimum atomic E-state index is -0.840. The lowest BCUT2D eigenvalue weighted by Crippen LogP contribution is -2.38. The second kappa shape index (κ2) is 15.5. The molecule has 0 spiro atoms. The lowest BCUT2D eigenvalue weighted by Gasteiger charge is -2.22. The van der Waals surface area contributed by atoms with Crippen molar-refractivity contribution in [2.45, 2.75) is 51.5 Å². The maximum atomic E-state index is 13.5. The molecule has 4 atom stereocenters. The summed E-state index contributed by atoms with van der Waals surface area (Å²) in [7, 11) is 1.50. The Labute approximate surface area is 276 Å². The Hall–Kier alpha value is -5.34. The monoisotopic (exact) mass is 658 g/mol. The zero-order chi connectivity index (χ0) is 34.2. The molecule has 5 rings (SSSR count). The highest BCUT2D eigenvalue weighted by Gasteiger charge is 2.44. The van der Waals surface area contributed by atoms with Gasteiger partial charge in [0.25, 0.3) is 5.56 Å². The van der Waals surface area contributed by atoms with Crippen LogP contribution in [0.25, 0.3) is 0 Å². The molecule has 0 saturated carbocycles. The number of para-hydroxylation sites is 2. The van der Waals surface area contributed by atoms with E-state index in [9.17, 15) is 24.0 Å². The number of aryl methyl sites for hydroxylation is 1. The van der Waals surface area contributed by atoms with Crippen molar-refractivity contribution in [3.8, 4) is 0 Å². The zero-order valence-corrected chi connectivity index (χ0v) is 26.9. The molecular formula is C34H38N6O8. The first-order chi connectivity index (χ1) is 23.2. The molecule has 0 radical (unpaired) electrons. The number of ether oxygens (including phenoxy) is 3. The smallest absolute Gasteiger partial charge is 0.338 e. The number of hydrogen-bond acceptors (Lipinski definition) is 9. The van der Waals surface area contributed by atoms with Crippen molar-refractivity contribution in [1.82, 2.24) is 24.4 Å². The molecule has 252 valence electrons. The van der Waals surface area contributed by atoms with Crippen LogP contribution in [0.5, 0.6) is 0 Å². The van der Waals surface area contributed by atoms with Gasteiger partial charge in [-0.15, -0.1) is 0 Å². The number of nitrogens with one attached hydrogen (secondary N) is 2. The van der Waals surface area contributed by atoms with Crippen molar-refractivity contribution in [2.75, 3.05) is 25.2 Å². The summed E-state index contributed by atoms with van der Waals surface area (Å²) in [4.78, 5) is 71.0. The third-order valence-electron chi connectivity index (χ3n) is 8.10. The highest BCUT2D eigenvalue weighted by molar-refractivity contribution is 6.00. The van der Waals surface area contributed by atoms with Crippen molar-refractivity contribution in [3.05, 3.63) is 111 Å². The van der Waals surface area contributed by atoms with E-state index in [1.54, 1.807) is 4.90 Å². The average Bonchev–Trinajstić information content (AvgIpc) is 3.67. The van der Waals surface area contributed by atoms with E-state index in [-0.39, 0.29) is 43.8 Å². The molecule has 4 aromatic rings. The summed E-state index contributed by atoms with van der Waals surface area (Å²) in [5.41, 5.74) is 0.923. The van der Waals surface area contributed by atoms with Gasteiger partial charge >= 0.3 is 17.7 Å². The predicted molar refractivity (Wildman–Crippen MR) is 175 cm³/mol. The number of amides is 2. The lowest BCUT2D eigenvalue weighted by molar-refractivity contribution is -0.146. The van der Waals surface area contributed by atoms with Crippen LogP contribution in [-0.2, 0) is 36.6 Å². The number of benzene rings is 2. The van der Waals surface area contributed by atoms with E-state index in [4.69, 9.17) is 14.2 Å². The number of carbonyl (C=O) groups excluding carboxylic acids is 3. The molecule has 14 nitrogen and oxygen atoms in total. The number of nitrogens with zero attached hydrogens (tertiary/aromatic N) is 4. The van der Waals surface area contributed by atoms with Crippen LogP contribution >= 0.6 is 0 Å². The topological polar surface area (TPSA) is 167 Å². The van der Waals surface area contributed by atoms with Gasteiger partial charge in [-0.25, -0.2) is 14.6 Å². The van der Waals surface area contributed by atoms with Gasteiger partial charge < -0.3 is 19.5 Å². The molecule has 2 N–H and O–H groups in total. The fourth-order valence-corrected chi connectivity index (χ4v) is 5.62. The number of rotatable bonds is 12. The largest absolute Gasteiger partial charge is 0.463 e. The lowest BCUT2D eigenvalue weighted by atomic mass is 10.0. The molecule has 1 aliphatic rings. The number of carbonyl (C=O) groups is 3. The summed E-state index contributed by atoms with van der Waals surface area (Å²) in [5, 5.41) is 2.82. The SMILES string of the molecule is CO[C@@H]1C(C)[C@@H](COC(C)=O)O[C@H]1n1cc(CCCNC(=O)Cc2cn(C(=O)N(c3ccccc3)c3ccccc3)cn2)c(=O)[nH]c1=O. The van der Waals surface area contributed by atoms with E-state index in [0.717, 1.165) is 0 Å². The molecule has 1 aliphatic heterocycles. The third kappa shape index (κ3) is 7.96. The maximum absolute atomic E-state index is 13.5. The Morgan fingerprint density at radius 1 is 1.02 bits per heavy atom. The molecule has 1 fully saturated rings. The van der Waals surface area contributed by atoms with Crippen LogP contribution in [0.15, 0.2) is 89.0 Å². The Kier molecular flexibility index (Phi) is 11.0. The predicted octanol–water partition coefficient (Wildman–Crippen LogP) is 2.94. The summed E-state index contributed by atoms with van der Waals surface area (Å²) in [5.74, 6) is -0.949. The highest BCUT2D eigenvalue weighted by atomic mass is 16.6. The summed E-state index contributed by atoms with van der Waals surface area (Å²) in [6.45, 7) is 3.44. The van der Waals surface area contributed by atoms with E-state index < -0.39 is 35.7 Å². The number of imidazole rings is 1. The summed E-state index contributed by atoms with van der Waals surface area (Å²) < 4.78 is 19.3. The average molecular weight is 659 g/mol. The van der Waals surface area contributed by atoms with Gasteiger partial charge in [-0.1, -0.05) is 43.3 Å². The van der Waals surface area contributed by atoms with Gasteiger partial charge in [-0.05, 0) is 37.1 Å². The van der Waals surface area contributed by atoms with Gasteiger partial charge in [0.15, 0.2) is 6.23 Å². The maximum Gasteiger partial charge on any atom is 0.338 e. The van der Waals surface area contributed by atoms with Crippen LogP contribution in [0.2, 0.25) is 0 Å². The standard InChI is InChI=1S/C34H38N6O8/c1-22-28(20-47-23(2)41)48-32(30(22)46-3)39-18-24(31(43)37-33(39)44)11-10-16-35-29(42)17-25-19-38(21-36-25)34(45)40(26-12-6-4-7-13-26)27-14-8-5-9-15-27/h4-9,12-15,18-19,21-22,28,30,32H,10-11,16-17,20H2,1-3H3,(H,35,42)(H,37,43,44)/t22?,28-,30-,32-/m1/s1. The summed E-state index contributed by atoms with van der Waals surface area (Å²) >= 11 is 0. The number of methoxy groups -OCH3 is 1. The highest BCUT2D eigenvalue weighted by Crippen LogP contribution is 2.35. The third-order valence-corrected chi connectivity index (χ3v) is 8.10. The first kappa shape index (κ1) is 34.0. The minimum absolute atomic E-state index is 0.00783. The Morgan fingerprint density at radius 2 is 1.69 bits per heavy atom. The number of esters is 1. The molecule has 3 heterocycles.